The van der Waals surface area contributed by atoms with Crippen molar-refractivity contribution in [3.63, 3.8) is 0 Å². The number of thioether (sulfide) groups is 2. The zero-order valence-corrected chi connectivity index (χ0v) is 15.6. The predicted molar refractivity (Wildman–Crippen MR) is 104 cm³/mol. The van der Waals surface area contributed by atoms with E-state index in [2.05, 4.69) is 10.6 Å². The highest BCUT2D eigenvalue weighted by Gasteiger charge is 2.11. The summed E-state index contributed by atoms with van der Waals surface area (Å²) in [5.74, 6) is 0.378. The van der Waals surface area contributed by atoms with Gasteiger partial charge in [-0.2, -0.15) is 0 Å². The van der Waals surface area contributed by atoms with E-state index < -0.39 is 11.8 Å². The lowest BCUT2D eigenvalue weighted by Crippen LogP contribution is -2.41. The van der Waals surface area contributed by atoms with Gasteiger partial charge in [0.25, 0.3) is 0 Å². The Kier molecular flexibility index (Phi) is 8.17. The first-order valence-electron chi connectivity index (χ1n) is 7.94. The maximum absolute atomic E-state index is 11.7. The molecule has 6 nitrogen and oxygen atoms in total. The highest BCUT2D eigenvalue weighted by atomic mass is 32.2. The molecule has 0 atom stereocenters. The molecule has 138 valence electrons. The summed E-state index contributed by atoms with van der Waals surface area (Å²) in [5, 5.41) is 23.6. The molecule has 2 amide bonds. The van der Waals surface area contributed by atoms with Crippen molar-refractivity contribution in [1.29, 1.82) is 0 Å². The van der Waals surface area contributed by atoms with E-state index in [4.69, 9.17) is 0 Å². The number of benzene rings is 2. The van der Waals surface area contributed by atoms with Gasteiger partial charge in [-0.15, -0.1) is 23.5 Å². The maximum Gasteiger partial charge on any atom is 0.309 e. The van der Waals surface area contributed by atoms with Crippen LogP contribution in [-0.4, -0.2) is 46.6 Å². The monoisotopic (exact) mass is 392 g/mol. The van der Waals surface area contributed by atoms with Gasteiger partial charge in [-0.05, 0) is 48.5 Å². The molecule has 4 N–H and O–H groups in total. The van der Waals surface area contributed by atoms with Crippen molar-refractivity contribution in [2.75, 3.05) is 24.6 Å². The molecule has 0 aliphatic heterocycles. The number of hydrogen-bond acceptors (Lipinski definition) is 6. The molecule has 2 rings (SSSR count). The summed E-state index contributed by atoms with van der Waals surface area (Å²) in [6.45, 7) is 0.750. The molecule has 0 unspecified atom stereocenters. The maximum atomic E-state index is 11.7. The number of nitrogens with one attached hydrogen (secondary N) is 2. The van der Waals surface area contributed by atoms with Crippen LogP contribution in [0, 0.1) is 0 Å². The van der Waals surface area contributed by atoms with Crippen LogP contribution in [0.25, 0.3) is 0 Å². The van der Waals surface area contributed by atoms with Crippen LogP contribution >= 0.6 is 23.5 Å². The number of carbonyl (C=O) groups excluding carboxylic acids is 2. The van der Waals surface area contributed by atoms with Crippen molar-refractivity contribution in [2.24, 2.45) is 0 Å². The Balaban J connectivity index is 1.56. The highest BCUT2D eigenvalue weighted by molar-refractivity contribution is 7.99. The number of rotatable bonds is 8. The summed E-state index contributed by atoms with van der Waals surface area (Å²) in [6.07, 6.45) is 0. The first-order valence-corrected chi connectivity index (χ1v) is 9.91. The highest BCUT2D eigenvalue weighted by Crippen LogP contribution is 2.20. The number of phenols is 2. The first-order chi connectivity index (χ1) is 12.5. The third-order valence-electron chi connectivity index (χ3n) is 3.19. The predicted octanol–water partition coefficient (Wildman–Crippen LogP) is 2.21. The van der Waals surface area contributed by atoms with Gasteiger partial charge < -0.3 is 20.8 Å². The van der Waals surface area contributed by atoms with Gasteiger partial charge in [-0.3, -0.25) is 9.59 Å². The van der Waals surface area contributed by atoms with Gasteiger partial charge in [-0.25, -0.2) is 0 Å². The zero-order valence-electron chi connectivity index (χ0n) is 14.0. The number of amides is 2. The van der Waals surface area contributed by atoms with Crippen LogP contribution in [0.1, 0.15) is 0 Å². The van der Waals surface area contributed by atoms with E-state index in [0.717, 1.165) is 9.79 Å². The SMILES string of the molecule is O=C(NCCSc1ccc(O)cc1)C(=O)NCCSc1ccc(O)cc1. The lowest BCUT2D eigenvalue weighted by Gasteiger charge is -2.07. The van der Waals surface area contributed by atoms with E-state index in [1.165, 1.54) is 23.5 Å². The van der Waals surface area contributed by atoms with Crippen molar-refractivity contribution in [3.05, 3.63) is 48.5 Å². The molecule has 0 saturated carbocycles. The Morgan fingerprint density at radius 1 is 0.692 bits per heavy atom. The van der Waals surface area contributed by atoms with Gasteiger partial charge in [0.15, 0.2) is 0 Å². The summed E-state index contributed by atoms with van der Waals surface area (Å²) >= 11 is 3.05. The fraction of sp³-hybridized carbons (Fsp3) is 0.222. The van der Waals surface area contributed by atoms with Crippen molar-refractivity contribution < 1.29 is 19.8 Å². The average molecular weight is 393 g/mol. The summed E-state index contributed by atoms with van der Waals surface area (Å²) < 4.78 is 0. The Morgan fingerprint density at radius 2 is 1.04 bits per heavy atom. The second-order valence-electron chi connectivity index (χ2n) is 5.20. The van der Waals surface area contributed by atoms with Crippen LogP contribution in [0.4, 0.5) is 0 Å². The standard InChI is InChI=1S/C18H20N2O4S2/c21-13-1-5-15(6-2-13)25-11-9-19-17(23)18(24)20-10-12-26-16-7-3-14(22)4-8-16/h1-8,21-22H,9-12H2,(H,19,23)(H,20,24). The van der Waals surface area contributed by atoms with Gasteiger partial charge in [0.05, 0.1) is 0 Å². The van der Waals surface area contributed by atoms with Gasteiger partial charge in [0, 0.05) is 34.4 Å². The fourth-order valence-electron chi connectivity index (χ4n) is 1.91. The Labute approximate surface area is 160 Å². The van der Waals surface area contributed by atoms with Crippen LogP contribution in [0.2, 0.25) is 0 Å². The summed E-state index contributed by atoms with van der Waals surface area (Å²) in [6, 6.07) is 13.6. The summed E-state index contributed by atoms with van der Waals surface area (Å²) in [7, 11) is 0. The molecule has 0 aromatic heterocycles. The third-order valence-corrected chi connectivity index (χ3v) is 5.22. The van der Waals surface area contributed by atoms with Crippen LogP contribution in [0.3, 0.4) is 0 Å². The van der Waals surface area contributed by atoms with Crippen molar-refractivity contribution in [2.45, 2.75) is 9.79 Å². The Morgan fingerprint density at radius 3 is 1.38 bits per heavy atom. The molecule has 8 heteroatoms. The van der Waals surface area contributed by atoms with Crippen LogP contribution in [-0.2, 0) is 9.59 Å². The Hall–Kier alpha value is -2.32. The van der Waals surface area contributed by atoms with E-state index in [1.54, 1.807) is 48.5 Å². The van der Waals surface area contributed by atoms with Gasteiger partial charge in [0.2, 0.25) is 0 Å². The lowest BCUT2D eigenvalue weighted by molar-refractivity contribution is -0.139. The number of hydrogen-bond donors (Lipinski definition) is 4. The molecule has 0 bridgehead atoms. The van der Waals surface area contributed by atoms with E-state index in [9.17, 15) is 19.8 Å². The summed E-state index contributed by atoms with van der Waals surface area (Å²) in [5.41, 5.74) is 0. The van der Waals surface area contributed by atoms with Crippen molar-refractivity contribution >= 4 is 35.3 Å². The normalized spacial score (nSPS) is 10.3. The molecule has 0 saturated heterocycles. The molecule has 26 heavy (non-hydrogen) atoms. The Bertz CT molecular complexity index is 657. The first kappa shape index (κ1) is 20.0. The topological polar surface area (TPSA) is 98.7 Å². The minimum atomic E-state index is -0.647. The molecule has 0 radical (unpaired) electrons. The van der Waals surface area contributed by atoms with Crippen molar-refractivity contribution in [3.8, 4) is 11.5 Å². The average Bonchev–Trinajstić information content (AvgIpc) is 2.65. The molecule has 0 spiro atoms. The van der Waals surface area contributed by atoms with E-state index in [1.807, 2.05) is 0 Å². The van der Waals surface area contributed by atoms with E-state index in [-0.39, 0.29) is 11.5 Å². The minimum Gasteiger partial charge on any atom is -0.508 e. The molecular formula is C18H20N2O4S2. The zero-order chi connectivity index (χ0) is 18.8. The second-order valence-corrected chi connectivity index (χ2v) is 7.53. The smallest absolute Gasteiger partial charge is 0.309 e. The summed E-state index contributed by atoms with van der Waals surface area (Å²) in [4.78, 5) is 25.4. The quantitative estimate of drug-likeness (QED) is 0.312. The molecular weight excluding hydrogens is 372 g/mol. The molecule has 0 heterocycles. The largest absolute Gasteiger partial charge is 0.508 e. The van der Waals surface area contributed by atoms with Gasteiger partial charge in [0.1, 0.15) is 11.5 Å². The lowest BCUT2D eigenvalue weighted by atomic mass is 10.3. The molecule has 0 aliphatic carbocycles. The van der Waals surface area contributed by atoms with E-state index in [0.29, 0.717) is 24.6 Å². The third kappa shape index (κ3) is 7.28. The molecule has 0 fully saturated rings. The van der Waals surface area contributed by atoms with Crippen LogP contribution < -0.4 is 10.6 Å². The minimum absolute atomic E-state index is 0.211. The molecule has 0 aliphatic rings. The number of aromatic hydroxyl groups is 2. The second kappa shape index (κ2) is 10.6. The van der Waals surface area contributed by atoms with Crippen LogP contribution in [0.5, 0.6) is 11.5 Å². The number of carbonyl (C=O) groups is 2. The van der Waals surface area contributed by atoms with E-state index >= 15 is 0 Å². The van der Waals surface area contributed by atoms with Gasteiger partial charge >= 0.3 is 11.8 Å². The van der Waals surface area contributed by atoms with Crippen molar-refractivity contribution in [1.82, 2.24) is 10.6 Å². The number of phenolic OH excluding ortho intramolecular Hbond substituents is 2. The molecule has 2 aromatic carbocycles. The fourth-order valence-corrected chi connectivity index (χ4v) is 3.45. The van der Waals surface area contributed by atoms with Crippen LogP contribution in [0.15, 0.2) is 58.3 Å². The van der Waals surface area contributed by atoms with Gasteiger partial charge in [-0.1, -0.05) is 0 Å². The molecule has 2 aromatic rings.